The average molecular weight is 484 g/mol. The molecule has 2 aliphatic rings. The summed E-state index contributed by atoms with van der Waals surface area (Å²) in [7, 11) is 1.81. The Morgan fingerprint density at radius 1 is 1.17 bits per heavy atom. The van der Waals surface area contributed by atoms with Crippen LogP contribution in [0, 0.1) is 11.8 Å². The van der Waals surface area contributed by atoms with E-state index in [2.05, 4.69) is 43.3 Å². The predicted octanol–water partition coefficient (Wildman–Crippen LogP) is 3.88. The first-order valence-electron chi connectivity index (χ1n) is 11.8. The highest BCUT2D eigenvalue weighted by Gasteiger charge is 2.56. The molecule has 1 aromatic carbocycles. The van der Waals surface area contributed by atoms with Crippen LogP contribution in [0.4, 0.5) is 0 Å². The lowest BCUT2D eigenvalue weighted by Crippen LogP contribution is -2.47. The van der Waals surface area contributed by atoms with Crippen LogP contribution in [-0.2, 0) is 19.7 Å². The standard InChI is InChI=1S/C24H32N2O3.C3H7N.CH2O/c1-7-15(2)26-22(28)20-16(3)24(13-12-19(20)29-24)14-25-21(27)17-8-10-18(11-9-17)23(4,5)6;1-3-4-2;1-2/h7-13,16,19-20H,14H2,1-6H3,(H,25,27)(H,26,28);3-4H,1H2,2H3;1H2/b15-7+;;. The van der Waals surface area contributed by atoms with Gasteiger partial charge in [0.1, 0.15) is 12.4 Å². The number of ether oxygens (including phenoxy) is 1. The summed E-state index contributed by atoms with van der Waals surface area (Å²) in [6.07, 6.45) is 7.18. The minimum Gasteiger partial charge on any atom is -0.394 e. The van der Waals surface area contributed by atoms with Crippen molar-refractivity contribution in [3.05, 3.63) is 72.1 Å². The van der Waals surface area contributed by atoms with E-state index < -0.39 is 5.60 Å². The molecule has 7 heteroatoms. The molecular formula is C28H41N3O4. The van der Waals surface area contributed by atoms with Crippen LogP contribution in [0.3, 0.4) is 0 Å². The third-order valence-electron chi connectivity index (χ3n) is 6.39. The Balaban J connectivity index is 0.000000926. The lowest BCUT2D eigenvalue weighted by atomic mass is 9.76. The van der Waals surface area contributed by atoms with Gasteiger partial charge in [-0.3, -0.25) is 9.59 Å². The van der Waals surface area contributed by atoms with Crippen LogP contribution in [-0.4, -0.2) is 43.9 Å². The van der Waals surface area contributed by atoms with Crippen LogP contribution >= 0.6 is 0 Å². The number of amides is 2. The Hall–Kier alpha value is -3.19. The molecule has 2 amide bonds. The third-order valence-corrected chi connectivity index (χ3v) is 6.39. The van der Waals surface area contributed by atoms with Gasteiger partial charge >= 0.3 is 0 Å². The fourth-order valence-electron chi connectivity index (χ4n) is 4.06. The Morgan fingerprint density at radius 2 is 1.74 bits per heavy atom. The lowest BCUT2D eigenvalue weighted by Gasteiger charge is -2.30. The van der Waals surface area contributed by atoms with Gasteiger partial charge in [-0.25, -0.2) is 0 Å². The minimum absolute atomic E-state index is 0.0339. The van der Waals surface area contributed by atoms with Gasteiger partial charge < -0.3 is 25.5 Å². The molecule has 0 aromatic heterocycles. The first kappa shape index (κ1) is 29.8. The van der Waals surface area contributed by atoms with Crippen molar-refractivity contribution in [2.45, 2.75) is 58.7 Å². The van der Waals surface area contributed by atoms with Gasteiger partial charge in [0.05, 0.1) is 18.6 Å². The van der Waals surface area contributed by atoms with E-state index in [4.69, 9.17) is 9.53 Å². The van der Waals surface area contributed by atoms with E-state index in [-0.39, 0.29) is 35.2 Å². The molecule has 0 spiro atoms. The fourth-order valence-corrected chi connectivity index (χ4v) is 4.06. The van der Waals surface area contributed by atoms with E-state index in [1.54, 1.807) is 6.20 Å². The third kappa shape index (κ3) is 7.39. The van der Waals surface area contributed by atoms with Gasteiger partial charge in [-0.15, -0.1) is 0 Å². The van der Waals surface area contributed by atoms with Crippen molar-refractivity contribution >= 4 is 18.6 Å². The summed E-state index contributed by atoms with van der Waals surface area (Å²) < 4.78 is 6.17. The minimum atomic E-state index is -0.641. The van der Waals surface area contributed by atoms with Gasteiger partial charge in [-0.05, 0) is 43.2 Å². The zero-order valence-corrected chi connectivity index (χ0v) is 22.1. The first-order chi connectivity index (χ1) is 16.5. The molecule has 2 aliphatic heterocycles. The summed E-state index contributed by atoms with van der Waals surface area (Å²) in [4.78, 5) is 33.3. The number of carbonyl (C=O) groups excluding carboxylic acids is 3. The van der Waals surface area contributed by atoms with Gasteiger partial charge in [0, 0.05) is 24.2 Å². The maximum absolute atomic E-state index is 12.7. The zero-order valence-electron chi connectivity index (χ0n) is 22.1. The molecule has 3 rings (SSSR count). The molecule has 1 aromatic rings. The second-order valence-electron chi connectivity index (χ2n) is 9.67. The van der Waals surface area contributed by atoms with Crippen molar-refractivity contribution < 1.29 is 19.1 Å². The molecule has 35 heavy (non-hydrogen) atoms. The number of nitrogens with one attached hydrogen (secondary N) is 3. The van der Waals surface area contributed by atoms with Gasteiger partial charge in [0.25, 0.3) is 5.91 Å². The van der Waals surface area contributed by atoms with Gasteiger partial charge in [-0.2, -0.15) is 0 Å². The molecule has 3 N–H and O–H groups in total. The van der Waals surface area contributed by atoms with E-state index in [1.165, 1.54) is 5.56 Å². The molecule has 0 radical (unpaired) electrons. The fraction of sp³-hybridized carbons (Fsp3) is 0.464. The number of allylic oxidation sites excluding steroid dienone is 2. The maximum atomic E-state index is 12.7. The topological polar surface area (TPSA) is 96.5 Å². The molecule has 1 saturated heterocycles. The quantitative estimate of drug-likeness (QED) is 0.534. The highest BCUT2D eigenvalue weighted by atomic mass is 16.5. The number of hydrogen-bond donors (Lipinski definition) is 3. The summed E-state index contributed by atoms with van der Waals surface area (Å²) >= 11 is 0. The van der Waals surface area contributed by atoms with E-state index >= 15 is 0 Å². The van der Waals surface area contributed by atoms with E-state index in [1.807, 2.05) is 77.1 Å². The number of carbonyl (C=O) groups is 3. The highest BCUT2D eigenvalue weighted by molar-refractivity contribution is 5.94. The molecule has 2 heterocycles. The Bertz CT molecular complexity index is 931. The second kappa shape index (κ2) is 13.0. The summed E-state index contributed by atoms with van der Waals surface area (Å²) in [5, 5.41) is 8.63. The Morgan fingerprint density at radius 3 is 2.23 bits per heavy atom. The van der Waals surface area contributed by atoms with Crippen molar-refractivity contribution in [3.8, 4) is 0 Å². The molecular weight excluding hydrogens is 442 g/mol. The Labute approximate surface area is 210 Å². The zero-order chi connectivity index (χ0) is 26.8. The largest absolute Gasteiger partial charge is 0.394 e. The second-order valence-corrected chi connectivity index (χ2v) is 9.67. The lowest BCUT2D eigenvalue weighted by molar-refractivity contribution is -0.126. The molecule has 0 aliphatic carbocycles. The number of fused-ring (bicyclic) bond motifs is 2. The Kier molecular flexibility index (Phi) is 11.1. The number of benzene rings is 1. The van der Waals surface area contributed by atoms with Crippen molar-refractivity contribution in [2.24, 2.45) is 11.8 Å². The molecule has 2 bridgehead atoms. The predicted molar refractivity (Wildman–Crippen MR) is 141 cm³/mol. The SMILES string of the molecule is C/C=C(\C)NC(=O)C1C2C=CC(CNC(=O)c3ccc(C(C)(C)C)cc3)(O2)C1C.C=CNC.C=O. The summed E-state index contributed by atoms with van der Waals surface area (Å²) in [6, 6.07) is 7.71. The maximum Gasteiger partial charge on any atom is 0.251 e. The van der Waals surface area contributed by atoms with Crippen molar-refractivity contribution in [2.75, 3.05) is 13.6 Å². The first-order valence-corrected chi connectivity index (χ1v) is 11.8. The van der Waals surface area contributed by atoms with Crippen LogP contribution in [0.15, 0.2) is 61.0 Å². The normalized spacial score (nSPS) is 24.3. The van der Waals surface area contributed by atoms with Crippen LogP contribution < -0.4 is 16.0 Å². The molecule has 192 valence electrons. The van der Waals surface area contributed by atoms with Crippen LogP contribution in [0.2, 0.25) is 0 Å². The molecule has 7 nitrogen and oxygen atoms in total. The molecule has 4 unspecified atom stereocenters. The van der Waals surface area contributed by atoms with Crippen molar-refractivity contribution in [1.29, 1.82) is 0 Å². The summed E-state index contributed by atoms with van der Waals surface area (Å²) in [5.41, 5.74) is 2.04. The van der Waals surface area contributed by atoms with Gasteiger partial charge in [0.15, 0.2) is 0 Å². The van der Waals surface area contributed by atoms with E-state index in [0.717, 1.165) is 5.70 Å². The van der Waals surface area contributed by atoms with E-state index in [9.17, 15) is 9.59 Å². The summed E-state index contributed by atoms with van der Waals surface area (Å²) in [5.74, 6) is -0.470. The monoisotopic (exact) mass is 483 g/mol. The molecule has 4 atom stereocenters. The van der Waals surface area contributed by atoms with Crippen molar-refractivity contribution in [1.82, 2.24) is 16.0 Å². The number of rotatable bonds is 6. The van der Waals surface area contributed by atoms with Crippen molar-refractivity contribution in [3.63, 3.8) is 0 Å². The van der Waals surface area contributed by atoms with Gasteiger partial charge in [-0.1, -0.05) is 64.6 Å². The van der Waals surface area contributed by atoms with Gasteiger partial charge in [0.2, 0.25) is 5.91 Å². The van der Waals surface area contributed by atoms with Crippen LogP contribution in [0.1, 0.15) is 57.5 Å². The number of hydrogen-bond acceptors (Lipinski definition) is 5. The smallest absolute Gasteiger partial charge is 0.251 e. The molecule has 1 fully saturated rings. The average Bonchev–Trinajstić information content (AvgIpc) is 3.39. The molecule has 0 saturated carbocycles. The van der Waals surface area contributed by atoms with Crippen LogP contribution in [0.25, 0.3) is 0 Å². The summed E-state index contributed by atoms with van der Waals surface area (Å²) in [6.45, 7) is 17.9. The van der Waals surface area contributed by atoms with Crippen LogP contribution in [0.5, 0.6) is 0 Å². The highest BCUT2D eigenvalue weighted by Crippen LogP contribution is 2.46. The van der Waals surface area contributed by atoms with E-state index in [0.29, 0.717) is 12.1 Å².